The summed E-state index contributed by atoms with van der Waals surface area (Å²) in [5, 5.41) is 28.3. The average Bonchev–Trinajstić information content (AvgIpc) is 3.26. The van der Waals surface area contributed by atoms with Crippen molar-refractivity contribution >= 4 is 11.6 Å². The van der Waals surface area contributed by atoms with Gasteiger partial charge in [-0.05, 0) is 52.8 Å². The molecule has 0 aromatic heterocycles. The largest absolute Gasteiger partial charge is 0.508 e. The van der Waals surface area contributed by atoms with E-state index in [2.05, 4.69) is 36.4 Å². The van der Waals surface area contributed by atoms with Gasteiger partial charge in [-0.15, -0.1) is 0 Å². The number of allylic oxidation sites excluding steroid dienone is 8. The Balaban J connectivity index is 1.57. The van der Waals surface area contributed by atoms with Gasteiger partial charge >= 0.3 is 0 Å². The van der Waals surface area contributed by atoms with Crippen LogP contribution in [-0.2, 0) is 0 Å². The van der Waals surface area contributed by atoms with Crippen molar-refractivity contribution in [2.75, 3.05) is 0 Å². The number of aliphatic hydroxyl groups excluding tert-OH is 2. The molecule has 3 aliphatic rings. The normalized spacial score (nSPS) is 21.7. The molecule has 4 rings (SSSR count). The van der Waals surface area contributed by atoms with E-state index in [0.717, 1.165) is 35.1 Å². The Morgan fingerprint density at radius 2 is 2.00 bits per heavy atom. The standard InChI is InChI=1S/C21H20O3/c22-20-3-1-2-19(20)16-5-4-13(11-16)14-8-9-18-15(10-14)6-7-17(18)12-21(23)24/h1,3,5-11,17,21-24H,2,4,12H2. The minimum atomic E-state index is -1.28. The quantitative estimate of drug-likeness (QED) is 0.735. The van der Waals surface area contributed by atoms with E-state index in [1.54, 1.807) is 6.08 Å². The molecular formula is C21H20O3. The summed E-state index contributed by atoms with van der Waals surface area (Å²) in [4.78, 5) is 0. The first-order valence-electron chi connectivity index (χ1n) is 8.30. The fourth-order valence-electron chi connectivity index (χ4n) is 3.71. The zero-order valence-electron chi connectivity index (χ0n) is 13.3. The lowest BCUT2D eigenvalue weighted by Gasteiger charge is -2.13. The Kier molecular flexibility index (Phi) is 3.75. The fraction of sp³-hybridized carbons (Fsp3) is 0.238. The van der Waals surface area contributed by atoms with Crippen LogP contribution in [0.4, 0.5) is 0 Å². The Hall–Kier alpha value is -2.36. The number of benzene rings is 1. The zero-order chi connectivity index (χ0) is 16.7. The van der Waals surface area contributed by atoms with Gasteiger partial charge in [0.05, 0.1) is 0 Å². The fourth-order valence-corrected chi connectivity index (χ4v) is 3.71. The molecule has 122 valence electrons. The van der Waals surface area contributed by atoms with Crippen molar-refractivity contribution in [2.24, 2.45) is 0 Å². The number of rotatable bonds is 4. The molecule has 0 amide bonds. The number of hydrogen-bond acceptors (Lipinski definition) is 3. The first-order valence-corrected chi connectivity index (χ1v) is 8.30. The van der Waals surface area contributed by atoms with Crippen LogP contribution < -0.4 is 0 Å². The van der Waals surface area contributed by atoms with Gasteiger partial charge < -0.3 is 15.3 Å². The van der Waals surface area contributed by atoms with Crippen LogP contribution in [0.15, 0.2) is 65.5 Å². The van der Waals surface area contributed by atoms with Crippen LogP contribution in [0.3, 0.4) is 0 Å². The molecule has 0 fully saturated rings. The maximum absolute atomic E-state index is 9.91. The molecule has 1 aromatic rings. The number of fused-ring (bicyclic) bond motifs is 1. The van der Waals surface area contributed by atoms with E-state index in [1.807, 2.05) is 12.2 Å². The molecule has 0 aliphatic heterocycles. The molecule has 3 nitrogen and oxygen atoms in total. The molecule has 1 atom stereocenters. The topological polar surface area (TPSA) is 60.7 Å². The van der Waals surface area contributed by atoms with Gasteiger partial charge in [-0.3, -0.25) is 0 Å². The third-order valence-electron chi connectivity index (χ3n) is 4.96. The summed E-state index contributed by atoms with van der Waals surface area (Å²) in [5.74, 6) is 0.452. The third-order valence-corrected chi connectivity index (χ3v) is 4.96. The zero-order valence-corrected chi connectivity index (χ0v) is 13.3. The Morgan fingerprint density at radius 3 is 2.75 bits per heavy atom. The highest BCUT2D eigenvalue weighted by molar-refractivity contribution is 5.78. The molecule has 0 radical (unpaired) electrons. The van der Waals surface area contributed by atoms with Crippen molar-refractivity contribution in [1.82, 2.24) is 0 Å². The molecule has 0 saturated heterocycles. The van der Waals surface area contributed by atoms with Crippen LogP contribution in [0.1, 0.15) is 41.9 Å². The molecule has 0 spiro atoms. The van der Waals surface area contributed by atoms with Crippen molar-refractivity contribution < 1.29 is 15.3 Å². The van der Waals surface area contributed by atoms with E-state index in [4.69, 9.17) is 0 Å². The highest BCUT2D eigenvalue weighted by atomic mass is 16.5. The SMILES string of the molecule is OC1=C(C2=CCC(c3ccc4c(c3)C=CC4CC(O)O)=C2)CC=C1. The van der Waals surface area contributed by atoms with Crippen molar-refractivity contribution in [3.63, 3.8) is 0 Å². The molecule has 1 aromatic carbocycles. The predicted molar refractivity (Wildman–Crippen MR) is 95.1 cm³/mol. The molecule has 3 aliphatic carbocycles. The van der Waals surface area contributed by atoms with Gasteiger partial charge in [-0.1, -0.05) is 42.5 Å². The van der Waals surface area contributed by atoms with Crippen LogP contribution in [0, 0.1) is 0 Å². The van der Waals surface area contributed by atoms with Gasteiger partial charge in [0.1, 0.15) is 5.76 Å². The van der Waals surface area contributed by atoms with Crippen molar-refractivity contribution in [3.05, 3.63) is 82.2 Å². The predicted octanol–water partition coefficient (Wildman–Crippen LogP) is 3.98. The van der Waals surface area contributed by atoms with Crippen molar-refractivity contribution in [3.8, 4) is 0 Å². The van der Waals surface area contributed by atoms with Gasteiger partial charge in [-0.2, -0.15) is 0 Å². The minimum absolute atomic E-state index is 0.0759. The summed E-state index contributed by atoms with van der Waals surface area (Å²) in [5.41, 5.74) is 6.85. The smallest absolute Gasteiger partial charge is 0.152 e. The van der Waals surface area contributed by atoms with Gasteiger partial charge in [0.15, 0.2) is 6.29 Å². The van der Waals surface area contributed by atoms with Crippen LogP contribution in [-0.4, -0.2) is 21.6 Å². The van der Waals surface area contributed by atoms with E-state index in [-0.39, 0.29) is 5.92 Å². The maximum atomic E-state index is 9.91. The Morgan fingerprint density at radius 1 is 1.12 bits per heavy atom. The number of aliphatic hydroxyl groups is 3. The van der Waals surface area contributed by atoms with Gasteiger partial charge in [0, 0.05) is 17.9 Å². The molecule has 3 N–H and O–H groups in total. The molecule has 1 unspecified atom stereocenters. The second-order valence-electron chi connectivity index (χ2n) is 6.53. The van der Waals surface area contributed by atoms with Crippen molar-refractivity contribution in [1.29, 1.82) is 0 Å². The van der Waals surface area contributed by atoms with Gasteiger partial charge in [-0.25, -0.2) is 0 Å². The molecule has 0 saturated carbocycles. The monoisotopic (exact) mass is 320 g/mol. The van der Waals surface area contributed by atoms with Crippen molar-refractivity contribution in [2.45, 2.75) is 31.5 Å². The molecule has 0 heterocycles. The average molecular weight is 320 g/mol. The summed E-state index contributed by atoms with van der Waals surface area (Å²) >= 11 is 0. The van der Waals surface area contributed by atoms with E-state index in [0.29, 0.717) is 12.2 Å². The second kappa shape index (κ2) is 5.93. The third kappa shape index (κ3) is 2.66. The maximum Gasteiger partial charge on any atom is 0.152 e. The van der Waals surface area contributed by atoms with Gasteiger partial charge in [0.2, 0.25) is 0 Å². The summed E-state index contributed by atoms with van der Waals surface area (Å²) < 4.78 is 0. The van der Waals surface area contributed by atoms with Crippen LogP contribution in [0.5, 0.6) is 0 Å². The van der Waals surface area contributed by atoms with E-state index >= 15 is 0 Å². The summed E-state index contributed by atoms with van der Waals surface area (Å²) in [7, 11) is 0. The Bertz CT molecular complexity index is 835. The first-order chi connectivity index (χ1) is 11.6. The lowest BCUT2D eigenvalue weighted by Crippen LogP contribution is -2.09. The van der Waals surface area contributed by atoms with E-state index in [1.165, 1.54) is 11.1 Å². The molecule has 24 heavy (non-hydrogen) atoms. The molecular weight excluding hydrogens is 300 g/mol. The van der Waals surface area contributed by atoms with Crippen LogP contribution in [0.25, 0.3) is 11.6 Å². The second-order valence-corrected chi connectivity index (χ2v) is 6.53. The summed E-state index contributed by atoms with van der Waals surface area (Å²) in [6.45, 7) is 0. The molecule has 3 heteroatoms. The molecule has 0 bridgehead atoms. The van der Waals surface area contributed by atoms with E-state index in [9.17, 15) is 15.3 Å². The van der Waals surface area contributed by atoms with Crippen LogP contribution >= 0.6 is 0 Å². The lowest BCUT2D eigenvalue weighted by molar-refractivity contribution is -0.0471. The summed E-state index contributed by atoms with van der Waals surface area (Å²) in [6, 6.07) is 6.36. The van der Waals surface area contributed by atoms with Gasteiger partial charge in [0.25, 0.3) is 0 Å². The van der Waals surface area contributed by atoms with Crippen LogP contribution in [0.2, 0.25) is 0 Å². The highest BCUT2D eigenvalue weighted by Gasteiger charge is 2.21. The summed E-state index contributed by atoms with van der Waals surface area (Å²) in [6.07, 6.45) is 12.9. The number of hydrogen-bond donors (Lipinski definition) is 3. The Labute approximate surface area is 141 Å². The lowest BCUT2D eigenvalue weighted by atomic mass is 9.94. The minimum Gasteiger partial charge on any atom is -0.508 e. The highest BCUT2D eigenvalue weighted by Crippen LogP contribution is 2.38. The van der Waals surface area contributed by atoms with E-state index < -0.39 is 6.29 Å². The first kappa shape index (κ1) is 15.2.